The number of hydrogen-bond acceptors (Lipinski definition) is 6. The molecule has 2 aromatic heterocycles. The van der Waals surface area contributed by atoms with Crippen molar-refractivity contribution in [3.8, 4) is 0 Å². The van der Waals surface area contributed by atoms with Crippen LogP contribution in [0.15, 0.2) is 36.4 Å². The molecule has 1 aliphatic rings. The van der Waals surface area contributed by atoms with Crippen LogP contribution in [0.5, 0.6) is 0 Å². The number of anilines is 1. The van der Waals surface area contributed by atoms with Gasteiger partial charge in [0.15, 0.2) is 0 Å². The van der Waals surface area contributed by atoms with Crippen molar-refractivity contribution in [1.29, 1.82) is 0 Å². The van der Waals surface area contributed by atoms with Crippen LogP contribution in [-0.2, 0) is 24.3 Å². The second-order valence-electron chi connectivity index (χ2n) is 7.53. The number of nitrogens with one attached hydrogen (secondary N) is 3. The molecule has 10 nitrogen and oxygen atoms in total. The molecule has 0 saturated carbocycles. The van der Waals surface area contributed by atoms with E-state index >= 15 is 0 Å². The summed E-state index contributed by atoms with van der Waals surface area (Å²) in [5, 5.41) is 21.3. The Morgan fingerprint density at radius 3 is 2.76 bits per heavy atom. The maximum absolute atomic E-state index is 12.8. The van der Waals surface area contributed by atoms with Gasteiger partial charge in [0, 0.05) is 27.8 Å². The van der Waals surface area contributed by atoms with Crippen molar-refractivity contribution in [3.05, 3.63) is 69.0 Å². The van der Waals surface area contributed by atoms with E-state index in [9.17, 15) is 9.59 Å². The molecule has 0 radical (unpaired) electrons. The van der Waals surface area contributed by atoms with Gasteiger partial charge in [-0.1, -0.05) is 28.4 Å². The van der Waals surface area contributed by atoms with Crippen LogP contribution in [0.1, 0.15) is 27.3 Å². The first-order valence-electron chi connectivity index (χ1n) is 10.0. The first kappa shape index (κ1) is 21.2. The van der Waals surface area contributed by atoms with Crippen molar-refractivity contribution in [1.82, 2.24) is 30.5 Å². The van der Waals surface area contributed by atoms with Crippen LogP contribution in [0.2, 0.25) is 10.0 Å². The van der Waals surface area contributed by atoms with E-state index in [1.165, 1.54) is 4.90 Å². The number of carbonyl (C=O) groups excluding carboxylic acids is 2. The van der Waals surface area contributed by atoms with Crippen LogP contribution in [0.3, 0.4) is 0 Å². The molecule has 168 valence electrons. The molecule has 2 amide bonds. The van der Waals surface area contributed by atoms with Crippen LogP contribution < -0.4 is 5.32 Å². The Hall–Kier alpha value is -3.63. The van der Waals surface area contributed by atoms with Crippen molar-refractivity contribution in [2.45, 2.75) is 19.6 Å². The van der Waals surface area contributed by atoms with Gasteiger partial charge in [0.25, 0.3) is 5.91 Å². The van der Waals surface area contributed by atoms with Crippen molar-refractivity contribution >= 4 is 51.9 Å². The number of carbonyl (C=O) groups is 2. The van der Waals surface area contributed by atoms with Crippen LogP contribution in [-0.4, -0.2) is 49.1 Å². The van der Waals surface area contributed by atoms with Crippen LogP contribution in [0, 0.1) is 0 Å². The number of rotatable bonds is 4. The lowest BCUT2D eigenvalue weighted by Gasteiger charge is -2.25. The molecular weight excluding hydrogens is 469 g/mol. The molecule has 0 unspecified atom stereocenters. The maximum atomic E-state index is 12.8. The van der Waals surface area contributed by atoms with Crippen molar-refractivity contribution < 1.29 is 14.3 Å². The summed E-state index contributed by atoms with van der Waals surface area (Å²) in [6.07, 6.45) is -0.0127. The smallest absolute Gasteiger partial charge is 0.410 e. The highest BCUT2D eigenvalue weighted by Gasteiger charge is 2.28. The number of fused-ring (bicyclic) bond motifs is 2. The molecule has 0 saturated heterocycles. The predicted octanol–water partition coefficient (Wildman–Crippen LogP) is 3.94. The Morgan fingerprint density at radius 2 is 1.94 bits per heavy atom. The van der Waals surface area contributed by atoms with Gasteiger partial charge >= 0.3 is 6.09 Å². The summed E-state index contributed by atoms with van der Waals surface area (Å²) in [6, 6.07) is 10.3. The number of ether oxygens (including phenoxy) is 1. The number of amides is 2. The van der Waals surface area contributed by atoms with Crippen molar-refractivity contribution in [2.75, 3.05) is 11.9 Å². The third-order valence-corrected chi connectivity index (χ3v) is 5.72. The fourth-order valence-electron chi connectivity index (χ4n) is 3.70. The summed E-state index contributed by atoms with van der Waals surface area (Å²) < 4.78 is 5.39. The minimum absolute atomic E-state index is 0.0482. The van der Waals surface area contributed by atoms with Gasteiger partial charge in [0.2, 0.25) is 0 Å². The zero-order valence-electron chi connectivity index (χ0n) is 17.1. The summed E-state index contributed by atoms with van der Waals surface area (Å²) in [5.74, 6) is -0.319. The monoisotopic (exact) mass is 485 g/mol. The summed E-state index contributed by atoms with van der Waals surface area (Å²) in [5.41, 5.74) is 4.48. The number of halogens is 2. The molecule has 5 rings (SSSR count). The van der Waals surface area contributed by atoms with E-state index in [4.69, 9.17) is 27.9 Å². The van der Waals surface area contributed by atoms with Gasteiger partial charge in [0.1, 0.15) is 17.8 Å². The number of hydrogen-bond donors (Lipinski definition) is 3. The molecular formula is C21H17Cl2N7O3. The Balaban J connectivity index is 1.22. The molecule has 0 atom stereocenters. The molecule has 0 bridgehead atoms. The van der Waals surface area contributed by atoms with Gasteiger partial charge in [-0.3, -0.25) is 15.0 Å². The first-order valence-corrected chi connectivity index (χ1v) is 10.8. The number of benzene rings is 2. The quantitative estimate of drug-likeness (QED) is 0.401. The van der Waals surface area contributed by atoms with E-state index < -0.39 is 6.09 Å². The summed E-state index contributed by atoms with van der Waals surface area (Å²) in [4.78, 5) is 26.9. The fourth-order valence-corrected chi connectivity index (χ4v) is 4.27. The molecule has 1 aliphatic heterocycles. The lowest BCUT2D eigenvalue weighted by atomic mass is 10.0. The van der Waals surface area contributed by atoms with E-state index in [1.54, 1.807) is 36.4 Å². The molecule has 2 aromatic carbocycles. The minimum Gasteiger partial charge on any atom is -0.445 e. The van der Waals surface area contributed by atoms with Gasteiger partial charge in [-0.2, -0.15) is 5.10 Å². The Morgan fingerprint density at radius 1 is 1.12 bits per heavy atom. The lowest BCUT2D eigenvalue weighted by molar-refractivity contribution is 0.0913. The minimum atomic E-state index is -0.480. The molecule has 3 N–H and O–H groups in total. The Bertz CT molecular complexity index is 1350. The average molecular weight is 486 g/mol. The third kappa shape index (κ3) is 4.48. The highest BCUT2D eigenvalue weighted by molar-refractivity contribution is 6.34. The summed E-state index contributed by atoms with van der Waals surface area (Å²) in [7, 11) is 0. The number of nitrogens with zero attached hydrogens (tertiary/aromatic N) is 4. The van der Waals surface area contributed by atoms with Gasteiger partial charge in [-0.15, -0.1) is 5.10 Å². The van der Waals surface area contributed by atoms with E-state index in [-0.39, 0.29) is 19.1 Å². The van der Waals surface area contributed by atoms with Crippen LogP contribution >= 0.6 is 23.2 Å². The molecule has 0 aliphatic carbocycles. The van der Waals surface area contributed by atoms with E-state index in [0.717, 1.165) is 11.1 Å². The summed E-state index contributed by atoms with van der Waals surface area (Å²) in [6.45, 7) is 0.679. The first-order chi connectivity index (χ1) is 16.0. The topological polar surface area (TPSA) is 129 Å². The molecule has 3 heterocycles. The van der Waals surface area contributed by atoms with Crippen molar-refractivity contribution in [3.63, 3.8) is 0 Å². The summed E-state index contributed by atoms with van der Waals surface area (Å²) >= 11 is 12.0. The van der Waals surface area contributed by atoms with Gasteiger partial charge in [0.05, 0.1) is 17.8 Å². The van der Waals surface area contributed by atoms with E-state index in [1.807, 2.05) is 0 Å². The largest absolute Gasteiger partial charge is 0.445 e. The van der Waals surface area contributed by atoms with Crippen LogP contribution in [0.25, 0.3) is 11.0 Å². The van der Waals surface area contributed by atoms with Gasteiger partial charge in [-0.25, -0.2) is 4.79 Å². The number of aromatic nitrogens is 5. The molecule has 4 aromatic rings. The molecule has 12 heteroatoms. The Labute approximate surface area is 197 Å². The number of H-pyrrole nitrogens is 2. The lowest BCUT2D eigenvalue weighted by Crippen LogP contribution is -2.36. The number of aromatic amines is 2. The zero-order chi connectivity index (χ0) is 22.9. The van der Waals surface area contributed by atoms with Crippen LogP contribution in [0.4, 0.5) is 10.5 Å². The van der Waals surface area contributed by atoms with Gasteiger partial charge in [-0.05, 0) is 48.4 Å². The highest BCUT2D eigenvalue weighted by Crippen LogP contribution is 2.24. The van der Waals surface area contributed by atoms with E-state index in [2.05, 4.69) is 30.9 Å². The third-order valence-electron chi connectivity index (χ3n) is 5.28. The second kappa shape index (κ2) is 8.72. The SMILES string of the molecule is O=C(Nc1ccc2[nH]nnc2c1)c1[nH]nc2c1CCN(C(=O)OCc1cc(Cl)cc(Cl)c1)C2. The maximum Gasteiger partial charge on any atom is 0.410 e. The van der Waals surface area contributed by atoms with Gasteiger partial charge < -0.3 is 15.0 Å². The fraction of sp³-hybridized carbons (Fsp3) is 0.190. The molecule has 33 heavy (non-hydrogen) atoms. The normalized spacial score (nSPS) is 13.1. The predicted molar refractivity (Wildman–Crippen MR) is 121 cm³/mol. The zero-order valence-corrected chi connectivity index (χ0v) is 18.6. The van der Waals surface area contributed by atoms with Crippen molar-refractivity contribution in [2.24, 2.45) is 0 Å². The van der Waals surface area contributed by atoms with E-state index in [0.29, 0.717) is 51.2 Å². The Kier molecular flexibility index (Phi) is 5.61. The average Bonchev–Trinajstić information content (AvgIpc) is 3.43. The molecule has 0 spiro atoms. The molecule has 0 fully saturated rings. The highest BCUT2D eigenvalue weighted by atomic mass is 35.5. The standard InChI is InChI=1S/C21H17Cl2N7O3/c22-12-5-11(6-13(23)7-12)10-33-21(32)30-4-3-15-18(9-30)25-28-19(15)20(31)24-14-1-2-16-17(8-14)27-29-26-16/h1-2,5-8H,3-4,9-10H2,(H,24,31)(H,25,28)(H,26,27,29). The second-order valence-corrected chi connectivity index (χ2v) is 8.40.